The summed E-state index contributed by atoms with van der Waals surface area (Å²) in [5, 5.41) is 8.05. The van der Waals surface area contributed by atoms with Crippen molar-refractivity contribution in [2.24, 2.45) is 0 Å². The summed E-state index contributed by atoms with van der Waals surface area (Å²) in [6.07, 6.45) is 6.56. The van der Waals surface area contributed by atoms with E-state index in [-0.39, 0.29) is 0 Å². The van der Waals surface area contributed by atoms with Crippen molar-refractivity contribution >= 4 is 37.8 Å². The molecule has 162 valence electrons. The van der Waals surface area contributed by atoms with E-state index in [4.69, 9.17) is 4.43 Å². The summed E-state index contributed by atoms with van der Waals surface area (Å²) in [5.41, 5.74) is 1.27. The first-order valence-corrected chi connectivity index (χ1v) is 16.2. The minimum Gasteiger partial charge on any atom is -0.544 e. The second kappa shape index (κ2) is 10.0. The van der Waals surface area contributed by atoms with Crippen LogP contribution in [0.1, 0.15) is 32.1 Å². The molecule has 1 N–H and O–H groups in total. The monoisotopic (exact) mass is 447 g/mol. The molecule has 3 aromatic rings. The van der Waals surface area contributed by atoms with Gasteiger partial charge in [-0.15, -0.1) is 0 Å². The van der Waals surface area contributed by atoms with Gasteiger partial charge in [-0.1, -0.05) is 79.9 Å². The molecule has 0 radical (unpaired) electrons. The molecule has 3 aromatic carbocycles. The molecular weight excluding hydrogens is 413 g/mol. The van der Waals surface area contributed by atoms with Crippen molar-refractivity contribution in [3.8, 4) is 5.75 Å². The van der Waals surface area contributed by atoms with E-state index in [1.807, 2.05) is 0 Å². The fourth-order valence-corrected chi connectivity index (χ4v) is 7.55. The molecule has 0 aliphatic heterocycles. The Morgan fingerprint density at radius 1 is 0.774 bits per heavy atom. The molecule has 2 nitrogen and oxygen atoms in total. The molecule has 0 aromatic heterocycles. The predicted molar refractivity (Wildman–Crippen MR) is 140 cm³/mol. The zero-order valence-electron chi connectivity index (χ0n) is 19.0. The van der Waals surface area contributed by atoms with Gasteiger partial charge in [-0.25, -0.2) is 0 Å². The number of rotatable bonds is 7. The quantitative estimate of drug-likeness (QED) is 0.334. The fourth-order valence-electron chi connectivity index (χ4n) is 4.28. The minimum absolute atomic E-state index is 0.569. The Kier molecular flexibility index (Phi) is 7.15. The second-order valence-corrected chi connectivity index (χ2v) is 16.0. The SMILES string of the molecule is C[Si](C)(C)Oc1ccc(NC2CCCCC2)c(P(c2ccccc2)c2ccccc2)c1. The van der Waals surface area contributed by atoms with Crippen molar-refractivity contribution in [3.63, 3.8) is 0 Å². The third-order valence-corrected chi connectivity index (χ3v) is 8.96. The largest absolute Gasteiger partial charge is 0.544 e. The Hall–Kier alpha value is -2.09. The van der Waals surface area contributed by atoms with E-state index in [9.17, 15) is 0 Å². The van der Waals surface area contributed by atoms with Crippen LogP contribution in [0.25, 0.3) is 0 Å². The molecule has 1 aliphatic carbocycles. The summed E-state index contributed by atoms with van der Waals surface area (Å²) in [4.78, 5) is 0. The maximum atomic E-state index is 6.43. The molecule has 31 heavy (non-hydrogen) atoms. The van der Waals surface area contributed by atoms with Crippen LogP contribution < -0.4 is 25.7 Å². The van der Waals surface area contributed by atoms with Crippen LogP contribution in [0.2, 0.25) is 19.6 Å². The highest BCUT2D eigenvalue weighted by Crippen LogP contribution is 2.38. The van der Waals surface area contributed by atoms with Crippen LogP contribution in [0.15, 0.2) is 78.9 Å². The Bertz CT molecular complexity index is 926. The highest BCUT2D eigenvalue weighted by molar-refractivity contribution is 7.80. The molecule has 0 saturated heterocycles. The van der Waals surface area contributed by atoms with Crippen molar-refractivity contribution in [1.82, 2.24) is 0 Å². The molecule has 0 amide bonds. The molecule has 0 unspecified atom stereocenters. The maximum Gasteiger partial charge on any atom is 0.242 e. The van der Waals surface area contributed by atoms with Gasteiger partial charge in [0, 0.05) is 17.0 Å². The minimum atomic E-state index is -1.69. The van der Waals surface area contributed by atoms with Crippen LogP contribution in [0.3, 0.4) is 0 Å². The van der Waals surface area contributed by atoms with Crippen molar-refractivity contribution in [2.75, 3.05) is 5.32 Å². The zero-order valence-corrected chi connectivity index (χ0v) is 20.9. The summed E-state index contributed by atoms with van der Waals surface area (Å²) in [5.74, 6) is 1.00. The number of hydrogen-bond acceptors (Lipinski definition) is 2. The summed E-state index contributed by atoms with van der Waals surface area (Å²) < 4.78 is 6.43. The lowest BCUT2D eigenvalue weighted by molar-refractivity contribution is 0.463. The summed E-state index contributed by atoms with van der Waals surface area (Å²) in [6.45, 7) is 6.74. The first-order valence-electron chi connectivity index (χ1n) is 11.5. The smallest absolute Gasteiger partial charge is 0.242 e. The third-order valence-electron chi connectivity index (χ3n) is 5.63. The maximum absolute atomic E-state index is 6.43. The lowest BCUT2D eigenvalue weighted by atomic mass is 9.95. The summed E-state index contributed by atoms with van der Waals surface area (Å²) in [7, 11) is -2.37. The van der Waals surface area contributed by atoms with E-state index in [0.717, 1.165) is 5.75 Å². The van der Waals surface area contributed by atoms with E-state index in [2.05, 4.69) is 104 Å². The Balaban J connectivity index is 1.81. The van der Waals surface area contributed by atoms with Crippen LogP contribution in [0, 0.1) is 0 Å². The number of anilines is 1. The highest BCUT2D eigenvalue weighted by Gasteiger charge is 2.24. The molecule has 1 aliphatic rings. The van der Waals surface area contributed by atoms with Gasteiger partial charge in [0.05, 0.1) is 0 Å². The average molecular weight is 448 g/mol. The summed E-state index contributed by atoms with van der Waals surface area (Å²) in [6, 6.07) is 29.2. The number of nitrogens with one attached hydrogen (secondary N) is 1. The average Bonchev–Trinajstić information content (AvgIpc) is 2.77. The van der Waals surface area contributed by atoms with E-state index in [0.29, 0.717) is 6.04 Å². The van der Waals surface area contributed by atoms with Crippen LogP contribution in [-0.4, -0.2) is 14.4 Å². The zero-order chi connectivity index (χ0) is 21.7. The molecule has 4 rings (SSSR count). The van der Waals surface area contributed by atoms with Gasteiger partial charge in [0.25, 0.3) is 0 Å². The molecule has 0 bridgehead atoms. The molecule has 0 heterocycles. The first kappa shape index (κ1) is 22.1. The highest BCUT2D eigenvalue weighted by atomic mass is 31.1. The van der Waals surface area contributed by atoms with Crippen LogP contribution in [0.4, 0.5) is 5.69 Å². The van der Waals surface area contributed by atoms with Crippen molar-refractivity contribution in [2.45, 2.75) is 57.8 Å². The lowest BCUT2D eigenvalue weighted by Crippen LogP contribution is -2.31. The summed E-state index contributed by atoms with van der Waals surface area (Å²) >= 11 is 0. The third kappa shape index (κ3) is 5.99. The normalized spacial score (nSPS) is 15.1. The van der Waals surface area contributed by atoms with Gasteiger partial charge in [-0.05, 0) is 69.2 Å². The van der Waals surface area contributed by atoms with Gasteiger partial charge in [0.1, 0.15) is 5.75 Å². The molecule has 1 fully saturated rings. The van der Waals surface area contributed by atoms with Gasteiger partial charge < -0.3 is 9.74 Å². The van der Waals surface area contributed by atoms with Crippen molar-refractivity contribution in [3.05, 3.63) is 78.9 Å². The Labute approximate surface area is 189 Å². The Morgan fingerprint density at radius 2 is 1.35 bits per heavy atom. The number of benzene rings is 3. The number of hydrogen-bond donors (Lipinski definition) is 1. The van der Waals surface area contributed by atoms with E-state index >= 15 is 0 Å². The van der Waals surface area contributed by atoms with Crippen molar-refractivity contribution < 1.29 is 4.43 Å². The van der Waals surface area contributed by atoms with Crippen LogP contribution >= 0.6 is 7.92 Å². The first-order chi connectivity index (χ1) is 15.0. The topological polar surface area (TPSA) is 21.3 Å². The van der Waals surface area contributed by atoms with Gasteiger partial charge in [0.15, 0.2) is 0 Å². The van der Waals surface area contributed by atoms with E-state index in [1.54, 1.807) is 0 Å². The molecule has 1 saturated carbocycles. The van der Waals surface area contributed by atoms with E-state index < -0.39 is 16.2 Å². The van der Waals surface area contributed by atoms with Gasteiger partial charge in [0.2, 0.25) is 8.32 Å². The molecular formula is C27H34NOPSi. The van der Waals surface area contributed by atoms with E-state index in [1.165, 1.54) is 53.7 Å². The van der Waals surface area contributed by atoms with Gasteiger partial charge in [-0.3, -0.25) is 0 Å². The predicted octanol–water partition coefficient (Wildman–Crippen LogP) is 6.40. The van der Waals surface area contributed by atoms with Crippen LogP contribution in [0.5, 0.6) is 5.75 Å². The second-order valence-electron chi connectivity index (χ2n) is 9.38. The molecule has 0 spiro atoms. The van der Waals surface area contributed by atoms with Gasteiger partial charge in [-0.2, -0.15) is 0 Å². The van der Waals surface area contributed by atoms with Crippen molar-refractivity contribution in [1.29, 1.82) is 0 Å². The Morgan fingerprint density at radius 3 is 1.90 bits per heavy atom. The van der Waals surface area contributed by atoms with Gasteiger partial charge >= 0.3 is 0 Å². The lowest BCUT2D eigenvalue weighted by Gasteiger charge is -2.29. The van der Waals surface area contributed by atoms with Crippen LogP contribution in [-0.2, 0) is 0 Å². The standard InChI is InChI=1S/C27H34NOPSi/c1-31(2,3)29-23-19-20-26(28-22-13-7-4-8-14-22)27(21-23)30(24-15-9-5-10-16-24)25-17-11-6-12-18-25/h5-6,9-12,15-22,28H,4,7-8,13-14H2,1-3H3. The fraction of sp³-hybridized carbons (Fsp3) is 0.333. The molecule has 4 heteroatoms. The molecule has 0 atom stereocenters.